The molecule has 3 rings (SSSR count). The zero-order valence-electron chi connectivity index (χ0n) is 15.4. The second-order valence-electron chi connectivity index (χ2n) is 6.38. The summed E-state index contributed by atoms with van der Waals surface area (Å²) in [5.74, 6) is -1.28. The largest absolute Gasteiger partial charge is 0.308 e. The van der Waals surface area contributed by atoms with Crippen LogP contribution in [0.4, 0.5) is 14.6 Å². The Labute approximate surface area is 166 Å². The molecule has 1 heterocycles. The molecule has 2 N–H and O–H groups in total. The Bertz CT molecular complexity index is 1110. The molecule has 7 nitrogen and oxygen atoms in total. The molecule has 2 aromatic carbocycles. The van der Waals surface area contributed by atoms with Crippen LogP contribution in [0.1, 0.15) is 5.56 Å². The number of carbonyl (C=O) groups excluding carboxylic acids is 1. The third kappa shape index (κ3) is 5.69. The van der Waals surface area contributed by atoms with Crippen LogP contribution in [0, 0.1) is 11.6 Å². The minimum Gasteiger partial charge on any atom is -0.308 e. The lowest BCUT2D eigenvalue weighted by molar-refractivity contribution is -0.116. The summed E-state index contributed by atoms with van der Waals surface area (Å²) >= 11 is 0. The van der Waals surface area contributed by atoms with Crippen LogP contribution < -0.4 is 5.32 Å². The van der Waals surface area contributed by atoms with Gasteiger partial charge in [-0.1, -0.05) is 24.3 Å². The third-order valence-electron chi connectivity index (χ3n) is 4.04. The maximum atomic E-state index is 13.3. The van der Waals surface area contributed by atoms with Crippen molar-refractivity contribution < 1.29 is 22.0 Å². The Kier molecular flexibility index (Phi) is 6.04. The lowest BCUT2D eigenvalue weighted by Gasteiger charge is -2.19. The lowest BCUT2D eigenvalue weighted by Crippen LogP contribution is -2.36. The Morgan fingerprint density at radius 1 is 1.10 bits per heavy atom. The zero-order chi connectivity index (χ0) is 21.0. The Morgan fingerprint density at radius 3 is 2.48 bits per heavy atom. The number of hydrogen-bond donors (Lipinski definition) is 2. The first kappa shape index (κ1) is 20.6. The second kappa shape index (κ2) is 8.50. The summed E-state index contributed by atoms with van der Waals surface area (Å²) in [5, 5.41) is 9.12. The number of anilines is 1. The van der Waals surface area contributed by atoms with E-state index in [1.807, 2.05) is 0 Å². The molecule has 1 amide bonds. The van der Waals surface area contributed by atoms with Crippen molar-refractivity contribution in [1.82, 2.24) is 14.5 Å². The van der Waals surface area contributed by atoms with E-state index in [0.717, 1.165) is 10.6 Å². The van der Waals surface area contributed by atoms with Gasteiger partial charge in [0, 0.05) is 18.2 Å². The normalized spacial score (nSPS) is 11.6. The molecule has 0 aliphatic rings. The maximum absolute atomic E-state index is 13.3. The van der Waals surface area contributed by atoms with Gasteiger partial charge in [-0.05, 0) is 29.8 Å². The van der Waals surface area contributed by atoms with Gasteiger partial charge in [-0.2, -0.15) is 9.40 Å². The molecule has 0 spiro atoms. The second-order valence-corrected chi connectivity index (χ2v) is 8.37. The zero-order valence-corrected chi connectivity index (χ0v) is 16.2. The number of rotatable bonds is 7. The van der Waals surface area contributed by atoms with E-state index >= 15 is 0 Å². The fourth-order valence-electron chi connectivity index (χ4n) is 2.62. The monoisotopic (exact) mass is 420 g/mol. The molecule has 152 valence electrons. The van der Waals surface area contributed by atoms with Crippen molar-refractivity contribution in [2.75, 3.05) is 18.1 Å². The Balaban J connectivity index is 1.68. The van der Waals surface area contributed by atoms with Crippen molar-refractivity contribution in [3.8, 4) is 11.3 Å². The van der Waals surface area contributed by atoms with Crippen LogP contribution in [-0.2, 0) is 21.4 Å². The fourth-order valence-corrected chi connectivity index (χ4v) is 3.35. The average Bonchev–Trinajstić information content (AvgIpc) is 3.10. The highest BCUT2D eigenvalue weighted by Gasteiger charge is 2.21. The predicted octanol–water partition coefficient (Wildman–Crippen LogP) is 2.76. The van der Waals surface area contributed by atoms with E-state index in [2.05, 4.69) is 15.5 Å². The molecule has 0 saturated carbocycles. The smallest absolute Gasteiger partial charge is 0.240 e. The molecule has 3 aromatic rings. The molecule has 0 saturated heterocycles. The summed E-state index contributed by atoms with van der Waals surface area (Å²) < 4.78 is 51.4. The molecule has 1 aromatic heterocycles. The van der Waals surface area contributed by atoms with Crippen LogP contribution >= 0.6 is 0 Å². The number of nitrogens with zero attached hydrogens (tertiary/aromatic N) is 2. The highest BCUT2D eigenvalue weighted by atomic mass is 32.2. The molecule has 0 aliphatic heterocycles. The van der Waals surface area contributed by atoms with E-state index in [4.69, 9.17) is 0 Å². The van der Waals surface area contributed by atoms with E-state index in [9.17, 15) is 22.0 Å². The van der Waals surface area contributed by atoms with Gasteiger partial charge in [0.2, 0.25) is 15.9 Å². The van der Waals surface area contributed by atoms with Crippen LogP contribution in [0.3, 0.4) is 0 Å². The molecule has 0 radical (unpaired) electrons. The summed E-state index contributed by atoms with van der Waals surface area (Å²) in [6.45, 7) is -0.528. The number of carbonyl (C=O) groups is 1. The average molecular weight is 420 g/mol. The number of sulfonamides is 1. The molecule has 29 heavy (non-hydrogen) atoms. The molecule has 0 atom stereocenters. The number of hydrogen-bond acceptors (Lipinski definition) is 4. The summed E-state index contributed by atoms with van der Waals surface area (Å²) in [6, 6.07) is 12.7. The SMILES string of the molecule is CS(=O)(=O)N(CC(=O)Nc1cc(-c2cccc(F)c2)[nH]n1)Cc1ccc(F)cc1. The van der Waals surface area contributed by atoms with Crippen LogP contribution in [0.2, 0.25) is 0 Å². The quantitative estimate of drug-likeness (QED) is 0.615. The van der Waals surface area contributed by atoms with Gasteiger partial charge in [-0.15, -0.1) is 0 Å². The van der Waals surface area contributed by atoms with E-state index in [1.165, 1.54) is 42.5 Å². The minimum atomic E-state index is -3.69. The molecule has 0 aliphatic carbocycles. The van der Waals surface area contributed by atoms with Gasteiger partial charge < -0.3 is 5.32 Å². The van der Waals surface area contributed by atoms with E-state index in [1.54, 1.807) is 12.1 Å². The van der Waals surface area contributed by atoms with E-state index < -0.39 is 34.1 Å². The number of aromatic amines is 1. The molecule has 0 bridgehead atoms. The molecule has 0 fully saturated rings. The number of nitrogens with one attached hydrogen (secondary N) is 2. The molecule has 10 heteroatoms. The molecule has 0 unspecified atom stereocenters. The van der Waals surface area contributed by atoms with Gasteiger partial charge in [0.25, 0.3) is 0 Å². The van der Waals surface area contributed by atoms with Crippen molar-refractivity contribution in [3.05, 3.63) is 71.8 Å². The number of aromatic nitrogens is 2. The van der Waals surface area contributed by atoms with Gasteiger partial charge in [-0.3, -0.25) is 9.89 Å². The van der Waals surface area contributed by atoms with Crippen LogP contribution in [0.5, 0.6) is 0 Å². The lowest BCUT2D eigenvalue weighted by atomic mass is 10.1. The number of amides is 1. The van der Waals surface area contributed by atoms with Crippen molar-refractivity contribution in [2.45, 2.75) is 6.54 Å². The Hall–Kier alpha value is -3.11. The van der Waals surface area contributed by atoms with Crippen molar-refractivity contribution >= 4 is 21.7 Å². The summed E-state index contributed by atoms with van der Waals surface area (Å²) in [5.41, 5.74) is 1.58. The number of halogens is 2. The predicted molar refractivity (Wildman–Crippen MR) is 104 cm³/mol. The summed E-state index contributed by atoms with van der Waals surface area (Å²) in [4.78, 5) is 12.3. The summed E-state index contributed by atoms with van der Waals surface area (Å²) in [7, 11) is -3.69. The number of H-pyrrole nitrogens is 1. The van der Waals surface area contributed by atoms with Gasteiger partial charge in [-0.25, -0.2) is 17.2 Å². The topological polar surface area (TPSA) is 95.2 Å². The first-order valence-electron chi connectivity index (χ1n) is 8.51. The van der Waals surface area contributed by atoms with Crippen LogP contribution in [0.15, 0.2) is 54.6 Å². The Morgan fingerprint density at radius 2 is 1.83 bits per heavy atom. The van der Waals surface area contributed by atoms with Crippen LogP contribution in [0.25, 0.3) is 11.3 Å². The highest BCUT2D eigenvalue weighted by Crippen LogP contribution is 2.20. The maximum Gasteiger partial charge on any atom is 0.240 e. The molecular formula is C19H18F2N4O3S. The number of benzene rings is 2. The van der Waals surface area contributed by atoms with Gasteiger partial charge >= 0.3 is 0 Å². The van der Waals surface area contributed by atoms with Crippen molar-refractivity contribution in [1.29, 1.82) is 0 Å². The van der Waals surface area contributed by atoms with Crippen LogP contribution in [-0.4, -0.2) is 41.6 Å². The van der Waals surface area contributed by atoms with Crippen molar-refractivity contribution in [2.24, 2.45) is 0 Å². The van der Waals surface area contributed by atoms with Crippen molar-refractivity contribution in [3.63, 3.8) is 0 Å². The summed E-state index contributed by atoms with van der Waals surface area (Å²) in [6.07, 6.45) is 0.987. The first-order chi connectivity index (χ1) is 13.7. The molecular weight excluding hydrogens is 402 g/mol. The first-order valence-corrected chi connectivity index (χ1v) is 10.4. The standard InChI is InChI=1S/C19H18F2N4O3S/c1-29(27,28)25(11-13-5-7-15(20)8-6-13)12-19(26)22-18-10-17(23-24-18)14-3-2-4-16(21)9-14/h2-10H,11-12H2,1H3,(H2,22,23,24,26). The van der Waals surface area contributed by atoms with Gasteiger partial charge in [0.05, 0.1) is 18.5 Å². The van der Waals surface area contributed by atoms with Gasteiger partial charge in [0.15, 0.2) is 5.82 Å². The van der Waals surface area contributed by atoms with E-state index in [-0.39, 0.29) is 12.4 Å². The third-order valence-corrected chi connectivity index (χ3v) is 5.24. The highest BCUT2D eigenvalue weighted by molar-refractivity contribution is 7.88. The van der Waals surface area contributed by atoms with E-state index in [0.29, 0.717) is 16.8 Å². The minimum absolute atomic E-state index is 0.0817. The fraction of sp³-hybridized carbons (Fsp3) is 0.158. The van der Waals surface area contributed by atoms with Gasteiger partial charge in [0.1, 0.15) is 11.6 Å².